The quantitative estimate of drug-likeness (QED) is 0.543. The van der Waals surface area contributed by atoms with E-state index < -0.39 is 6.10 Å². The van der Waals surface area contributed by atoms with Crippen LogP contribution in [0.1, 0.15) is 20.8 Å². The van der Waals surface area contributed by atoms with E-state index >= 15 is 0 Å². The number of aliphatic hydroxyl groups is 2. The average Bonchev–Trinajstić information content (AvgIpc) is 1.98. The van der Waals surface area contributed by atoms with Crippen LogP contribution in [-0.2, 0) is 0 Å². The maximum absolute atomic E-state index is 9.15. The summed E-state index contributed by atoms with van der Waals surface area (Å²) >= 11 is 0. The minimum Gasteiger partial charge on any atom is -0.402 e. The Morgan fingerprint density at radius 1 is 1.50 bits per heavy atom. The Morgan fingerprint density at radius 2 is 2.00 bits per heavy atom. The first-order chi connectivity index (χ1) is 5.49. The molecule has 0 aliphatic rings. The van der Waals surface area contributed by atoms with Crippen molar-refractivity contribution >= 4 is 0 Å². The highest BCUT2D eigenvalue weighted by molar-refractivity contribution is 5.26. The van der Waals surface area contributed by atoms with Gasteiger partial charge in [0.05, 0.1) is 12.7 Å². The second-order valence-electron chi connectivity index (χ2n) is 2.92. The number of hydrogen-bond acceptors (Lipinski definition) is 3. The van der Waals surface area contributed by atoms with Gasteiger partial charge >= 0.3 is 0 Å². The highest BCUT2D eigenvalue weighted by Crippen LogP contribution is 2.07. The molecule has 3 nitrogen and oxygen atoms in total. The molecule has 0 aliphatic heterocycles. The summed E-state index contributed by atoms with van der Waals surface area (Å²) in [6.07, 6.45) is 1.09. The zero-order valence-corrected chi connectivity index (χ0v) is 7.83. The second-order valence-corrected chi connectivity index (χ2v) is 2.92. The molecule has 0 rings (SSSR count). The summed E-state index contributed by atoms with van der Waals surface area (Å²) < 4.78 is 0. The number of allylic oxidation sites excluding steroid dienone is 3. The minimum atomic E-state index is -0.621. The van der Waals surface area contributed by atoms with Crippen molar-refractivity contribution in [3.8, 4) is 0 Å². The largest absolute Gasteiger partial charge is 0.402 e. The fourth-order valence-corrected chi connectivity index (χ4v) is 0.690. The van der Waals surface area contributed by atoms with Gasteiger partial charge in [-0.15, -0.1) is 0 Å². The Morgan fingerprint density at radius 3 is 2.25 bits per heavy atom. The van der Waals surface area contributed by atoms with Crippen LogP contribution in [0.3, 0.4) is 0 Å². The van der Waals surface area contributed by atoms with Gasteiger partial charge in [0.2, 0.25) is 0 Å². The molecule has 0 heterocycles. The normalized spacial score (nSPS) is 17.2. The van der Waals surface area contributed by atoms with Crippen LogP contribution < -0.4 is 5.73 Å². The molecule has 0 saturated carbocycles. The fourth-order valence-electron chi connectivity index (χ4n) is 0.690. The van der Waals surface area contributed by atoms with Crippen molar-refractivity contribution in [1.82, 2.24) is 0 Å². The molecule has 0 aromatic carbocycles. The molecule has 12 heavy (non-hydrogen) atoms. The van der Waals surface area contributed by atoms with E-state index in [1.54, 1.807) is 19.9 Å². The fraction of sp³-hybridized carbons (Fsp3) is 0.556. The van der Waals surface area contributed by atoms with Gasteiger partial charge in [-0.1, -0.05) is 6.08 Å². The monoisotopic (exact) mass is 171 g/mol. The van der Waals surface area contributed by atoms with Crippen molar-refractivity contribution in [2.24, 2.45) is 5.73 Å². The van der Waals surface area contributed by atoms with E-state index in [9.17, 15) is 0 Å². The first kappa shape index (κ1) is 11.2. The van der Waals surface area contributed by atoms with Crippen LogP contribution in [0.15, 0.2) is 22.9 Å². The van der Waals surface area contributed by atoms with E-state index in [0.717, 1.165) is 5.57 Å². The molecule has 0 aliphatic carbocycles. The molecule has 0 spiro atoms. The molecule has 1 atom stereocenters. The third-order valence-corrected chi connectivity index (χ3v) is 1.74. The lowest BCUT2D eigenvalue weighted by molar-refractivity contribution is 0.204. The van der Waals surface area contributed by atoms with Crippen LogP contribution >= 0.6 is 0 Å². The molecule has 0 bridgehead atoms. The molecule has 0 saturated heterocycles. The SMILES string of the molecule is C/C(N)=C(C)\C=C(/CO)[C@@H](C)O. The topological polar surface area (TPSA) is 66.5 Å². The summed E-state index contributed by atoms with van der Waals surface area (Å²) in [6, 6.07) is 0. The van der Waals surface area contributed by atoms with Crippen LogP contribution in [-0.4, -0.2) is 22.9 Å². The zero-order chi connectivity index (χ0) is 9.72. The molecule has 0 aromatic rings. The Bertz CT molecular complexity index is 201. The molecule has 0 amide bonds. The highest BCUT2D eigenvalue weighted by Gasteiger charge is 2.03. The first-order valence-electron chi connectivity index (χ1n) is 3.91. The summed E-state index contributed by atoms with van der Waals surface area (Å²) in [5, 5.41) is 18.0. The van der Waals surface area contributed by atoms with Gasteiger partial charge in [0.25, 0.3) is 0 Å². The third kappa shape index (κ3) is 3.55. The highest BCUT2D eigenvalue weighted by atomic mass is 16.3. The Kier molecular flexibility index (Phi) is 4.62. The second kappa shape index (κ2) is 4.95. The van der Waals surface area contributed by atoms with Crippen molar-refractivity contribution in [3.05, 3.63) is 22.9 Å². The van der Waals surface area contributed by atoms with E-state index in [4.69, 9.17) is 15.9 Å². The van der Waals surface area contributed by atoms with Gasteiger partial charge in [-0.05, 0) is 31.9 Å². The molecule has 4 N–H and O–H groups in total. The lowest BCUT2D eigenvalue weighted by Crippen LogP contribution is -2.09. The number of hydrogen-bond donors (Lipinski definition) is 3. The summed E-state index contributed by atoms with van der Waals surface area (Å²) in [6.45, 7) is 5.10. The smallest absolute Gasteiger partial charge is 0.0747 e. The molecule has 0 fully saturated rings. The summed E-state index contributed by atoms with van der Waals surface area (Å²) in [7, 11) is 0. The van der Waals surface area contributed by atoms with E-state index in [1.165, 1.54) is 0 Å². The number of rotatable bonds is 3. The minimum absolute atomic E-state index is 0.137. The zero-order valence-electron chi connectivity index (χ0n) is 7.83. The summed E-state index contributed by atoms with van der Waals surface area (Å²) in [5.74, 6) is 0. The van der Waals surface area contributed by atoms with Gasteiger partial charge in [-0.3, -0.25) is 0 Å². The Hall–Kier alpha value is -0.800. The van der Waals surface area contributed by atoms with E-state index in [-0.39, 0.29) is 6.61 Å². The van der Waals surface area contributed by atoms with Crippen LogP contribution in [0, 0.1) is 0 Å². The van der Waals surface area contributed by atoms with E-state index in [2.05, 4.69) is 0 Å². The van der Waals surface area contributed by atoms with Crippen molar-refractivity contribution in [3.63, 3.8) is 0 Å². The molecule has 3 heteroatoms. The van der Waals surface area contributed by atoms with Crippen molar-refractivity contribution in [2.45, 2.75) is 26.9 Å². The standard InChI is InChI=1S/C9H17NO2/c1-6(7(2)10)4-9(5-11)8(3)12/h4,8,11-12H,5,10H2,1-3H3/b7-6+,9-4+/t8-/m1/s1. The van der Waals surface area contributed by atoms with Crippen LogP contribution in [0.4, 0.5) is 0 Å². The third-order valence-electron chi connectivity index (χ3n) is 1.74. The first-order valence-corrected chi connectivity index (χ1v) is 3.91. The van der Waals surface area contributed by atoms with Gasteiger partial charge in [-0.25, -0.2) is 0 Å². The van der Waals surface area contributed by atoms with Gasteiger partial charge < -0.3 is 15.9 Å². The van der Waals surface area contributed by atoms with Gasteiger partial charge in [0.15, 0.2) is 0 Å². The van der Waals surface area contributed by atoms with Crippen molar-refractivity contribution in [2.75, 3.05) is 6.61 Å². The molecular formula is C9H17NO2. The molecule has 70 valence electrons. The number of nitrogens with two attached hydrogens (primary N) is 1. The molecular weight excluding hydrogens is 154 g/mol. The molecule has 0 radical (unpaired) electrons. The molecule has 0 aromatic heterocycles. The Labute approximate surface area is 73.2 Å². The van der Waals surface area contributed by atoms with Crippen LogP contribution in [0.5, 0.6) is 0 Å². The lowest BCUT2D eigenvalue weighted by atomic mass is 10.1. The maximum atomic E-state index is 9.15. The Balaban J connectivity index is 4.61. The van der Waals surface area contributed by atoms with Crippen molar-refractivity contribution < 1.29 is 10.2 Å². The van der Waals surface area contributed by atoms with Crippen LogP contribution in [0.25, 0.3) is 0 Å². The predicted octanol–water partition coefficient (Wildman–Crippen LogP) is 0.539. The maximum Gasteiger partial charge on any atom is 0.0747 e. The average molecular weight is 171 g/mol. The van der Waals surface area contributed by atoms with Gasteiger partial charge in [-0.2, -0.15) is 0 Å². The summed E-state index contributed by atoms with van der Waals surface area (Å²) in [5.41, 5.74) is 7.66. The van der Waals surface area contributed by atoms with E-state index in [1.807, 2.05) is 6.92 Å². The summed E-state index contributed by atoms with van der Waals surface area (Å²) in [4.78, 5) is 0. The molecule has 0 unspecified atom stereocenters. The predicted molar refractivity (Wildman–Crippen MR) is 49.4 cm³/mol. The van der Waals surface area contributed by atoms with Crippen molar-refractivity contribution in [1.29, 1.82) is 0 Å². The van der Waals surface area contributed by atoms with E-state index in [0.29, 0.717) is 11.3 Å². The number of aliphatic hydroxyl groups excluding tert-OH is 2. The van der Waals surface area contributed by atoms with Gasteiger partial charge in [0.1, 0.15) is 0 Å². The van der Waals surface area contributed by atoms with Crippen LogP contribution in [0.2, 0.25) is 0 Å². The van der Waals surface area contributed by atoms with Gasteiger partial charge in [0, 0.05) is 5.70 Å². The lowest BCUT2D eigenvalue weighted by Gasteiger charge is -2.07.